The van der Waals surface area contributed by atoms with Crippen LogP contribution < -0.4 is 0 Å². The fourth-order valence-electron chi connectivity index (χ4n) is 6.57. The van der Waals surface area contributed by atoms with Gasteiger partial charge in [0, 0.05) is 28.6 Å². The molecule has 0 atom stereocenters. The summed E-state index contributed by atoms with van der Waals surface area (Å²) in [6, 6.07) is 24.3. The fourth-order valence-corrected chi connectivity index (χ4v) is 6.57. The minimum atomic E-state index is 0.937. The maximum atomic E-state index is 5.04. The predicted octanol–water partition coefficient (Wildman–Crippen LogP) is 6.73. The number of hydrogen-bond acceptors (Lipinski definition) is 3. The van der Waals surface area contributed by atoms with E-state index in [4.69, 9.17) is 9.97 Å². The monoisotopic (exact) mass is 446 g/mol. The summed E-state index contributed by atoms with van der Waals surface area (Å²) in [4.78, 5) is 14.2. The van der Waals surface area contributed by atoms with Gasteiger partial charge < -0.3 is 0 Å². The molecule has 4 heterocycles. The normalized spacial score (nSPS) is 13.5. The molecular weight excluding hydrogens is 428 g/mol. The van der Waals surface area contributed by atoms with E-state index in [1.165, 1.54) is 60.7 Å². The Morgan fingerprint density at radius 3 is 2.40 bits per heavy atom. The van der Waals surface area contributed by atoms with Gasteiger partial charge in [-0.2, -0.15) is 0 Å². The first-order valence-electron chi connectivity index (χ1n) is 12.0. The summed E-state index contributed by atoms with van der Waals surface area (Å²) in [5.74, 6) is 0. The summed E-state index contributed by atoms with van der Waals surface area (Å²) < 4.78 is 2.17. The number of nitrogens with zero attached hydrogens (tertiary/aromatic N) is 4. The second-order valence-electron chi connectivity index (χ2n) is 9.65. The highest BCUT2D eigenvalue weighted by atomic mass is 15.1. The molecule has 0 bridgehead atoms. The minimum absolute atomic E-state index is 0.937. The third kappa shape index (κ3) is 2.11. The van der Waals surface area contributed by atoms with Crippen molar-refractivity contribution >= 4 is 38.5 Å². The van der Waals surface area contributed by atoms with Crippen molar-refractivity contribution in [3.05, 3.63) is 108 Å². The Bertz CT molecular complexity index is 2070. The van der Waals surface area contributed by atoms with E-state index in [9.17, 15) is 0 Å². The molecule has 0 aliphatic heterocycles. The van der Waals surface area contributed by atoms with Gasteiger partial charge in [0.25, 0.3) is 0 Å². The van der Waals surface area contributed by atoms with Crippen molar-refractivity contribution in [2.24, 2.45) is 0 Å². The summed E-state index contributed by atoms with van der Waals surface area (Å²) in [5, 5.41) is 3.62. The lowest BCUT2D eigenvalue weighted by Gasteiger charge is -2.12. The molecule has 9 rings (SSSR count). The molecule has 0 unspecified atom stereocenters. The predicted molar refractivity (Wildman–Crippen MR) is 140 cm³/mol. The van der Waals surface area contributed by atoms with E-state index in [0.717, 1.165) is 35.2 Å². The first kappa shape index (κ1) is 17.8. The minimum Gasteiger partial charge on any atom is -0.274 e. The van der Waals surface area contributed by atoms with Crippen LogP contribution in [0.3, 0.4) is 0 Å². The highest BCUT2D eigenvalue weighted by Gasteiger charge is 2.30. The molecular formula is C31H18N4. The van der Waals surface area contributed by atoms with Crippen LogP contribution in [0.4, 0.5) is 0 Å². The molecule has 35 heavy (non-hydrogen) atoms. The summed E-state index contributed by atoms with van der Waals surface area (Å²) >= 11 is 0. The molecule has 0 saturated heterocycles. The zero-order valence-electron chi connectivity index (χ0n) is 18.8. The van der Waals surface area contributed by atoms with Gasteiger partial charge in [-0.15, -0.1) is 0 Å². The van der Waals surface area contributed by atoms with Gasteiger partial charge in [0.2, 0.25) is 0 Å². The zero-order valence-corrected chi connectivity index (χ0v) is 18.8. The van der Waals surface area contributed by atoms with Crippen LogP contribution in [-0.2, 0) is 12.8 Å². The number of fused-ring (bicyclic) bond motifs is 16. The van der Waals surface area contributed by atoms with Crippen LogP contribution in [0.15, 0.2) is 85.3 Å². The Balaban J connectivity index is 1.39. The molecule has 0 radical (unpaired) electrons. The van der Waals surface area contributed by atoms with Gasteiger partial charge in [-0.05, 0) is 81.6 Å². The van der Waals surface area contributed by atoms with Gasteiger partial charge >= 0.3 is 0 Å². The van der Waals surface area contributed by atoms with Crippen LogP contribution in [-0.4, -0.2) is 19.4 Å². The average Bonchev–Trinajstić information content (AvgIpc) is 3.59. The van der Waals surface area contributed by atoms with E-state index in [-0.39, 0.29) is 0 Å². The van der Waals surface area contributed by atoms with E-state index in [1.807, 2.05) is 24.5 Å². The lowest BCUT2D eigenvalue weighted by molar-refractivity contribution is 1.17. The van der Waals surface area contributed by atoms with Gasteiger partial charge in [-0.1, -0.05) is 42.5 Å². The van der Waals surface area contributed by atoms with Crippen LogP contribution in [0.1, 0.15) is 22.3 Å². The Morgan fingerprint density at radius 2 is 1.43 bits per heavy atom. The molecule has 3 aromatic carbocycles. The average molecular weight is 447 g/mol. The van der Waals surface area contributed by atoms with Crippen molar-refractivity contribution in [3.8, 4) is 22.3 Å². The molecule has 0 fully saturated rings. The topological polar surface area (TPSA) is 43.1 Å². The van der Waals surface area contributed by atoms with Gasteiger partial charge in [-0.25, -0.2) is 9.97 Å². The van der Waals surface area contributed by atoms with E-state index >= 15 is 0 Å². The number of aromatic nitrogens is 4. The Kier molecular flexibility index (Phi) is 3.11. The standard InChI is InChI=1S/C31H18N4/c1-2-5-18-17(4-1)14-24-19(18)7-8-20-21-9-10-23-29(26(21)15-25(20)24)22-6-3-12-33-30(22)35-28-16-32-13-11-27(28)34-31(23)35/h1-13,16H,14-15H2. The first-order valence-corrected chi connectivity index (χ1v) is 12.0. The number of hydrogen-bond donors (Lipinski definition) is 0. The van der Waals surface area contributed by atoms with Crippen molar-refractivity contribution in [1.29, 1.82) is 0 Å². The molecule has 0 spiro atoms. The largest absolute Gasteiger partial charge is 0.274 e. The number of rotatable bonds is 0. The smallest absolute Gasteiger partial charge is 0.147 e. The van der Waals surface area contributed by atoms with Crippen molar-refractivity contribution in [3.63, 3.8) is 0 Å². The maximum Gasteiger partial charge on any atom is 0.147 e. The molecule has 7 aromatic rings. The van der Waals surface area contributed by atoms with E-state index in [0.29, 0.717) is 0 Å². The van der Waals surface area contributed by atoms with Gasteiger partial charge in [-0.3, -0.25) is 9.38 Å². The van der Waals surface area contributed by atoms with E-state index in [1.54, 1.807) is 6.20 Å². The van der Waals surface area contributed by atoms with Crippen molar-refractivity contribution in [1.82, 2.24) is 19.4 Å². The molecule has 4 heteroatoms. The van der Waals surface area contributed by atoms with Crippen molar-refractivity contribution in [2.75, 3.05) is 0 Å². The van der Waals surface area contributed by atoms with Crippen LogP contribution in [0.2, 0.25) is 0 Å². The molecule has 0 N–H and O–H groups in total. The fraction of sp³-hybridized carbons (Fsp3) is 0.0645. The van der Waals surface area contributed by atoms with Crippen molar-refractivity contribution in [2.45, 2.75) is 12.8 Å². The number of benzene rings is 3. The summed E-state index contributed by atoms with van der Waals surface area (Å²) in [6.07, 6.45) is 7.53. The molecule has 162 valence electrons. The molecule has 4 aromatic heterocycles. The molecule has 0 amide bonds. The quantitative estimate of drug-likeness (QED) is 0.243. The highest BCUT2D eigenvalue weighted by molar-refractivity contribution is 6.16. The second-order valence-corrected chi connectivity index (χ2v) is 9.65. The summed E-state index contributed by atoms with van der Waals surface area (Å²) in [5.41, 5.74) is 15.1. The summed E-state index contributed by atoms with van der Waals surface area (Å²) in [6.45, 7) is 0. The lowest BCUT2D eigenvalue weighted by atomic mass is 9.96. The first-order chi connectivity index (χ1) is 17.4. The Hall–Kier alpha value is -4.57. The molecule has 0 saturated carbocycles. The molecule has 2 aliphatic carbocycles. The Labute approximate surface area is 200 Å². The Morgan fingerprint density at radius 1 is 0.629 bits per heavy atom. The van der Waals surface area contributed by atoms with Crippen LogP contribution in [0.25, 0.3) is 60.7 Å². The zero-order chi connectivity index (χ0) is 22.7. The van der Waals surface area contributed by atoms with Gasteiger partial charge in [0.05, 0.1) is 17.2 Å². The van der Waals surface area contributed by atoms with Crippen LogP contribution in [0, 0.1) is 0 Å². The molecule has 2 aliphatic rings. The van der Waals surface area contributed by atoms with Crippen LogP contribution in [0.5, 0.6) is 0 Å². The lowest BCUT2D eigenvalue weighted by Crippen LogP contribution is -1.96. The third-order valence-corrected chi connectivity index (χ3v) is 8.03. The summed E-state index contributed by atoms with van der Waals surface area (Å²) in [7, 11) is 0. The third-order valence-electron chi connectivity index (χ3n) is 8.03. The SMILES string of the molecule is c1ccc2c(c1)Cc1c-2ccc2c1Cc1c-2ccc2c1c1cccnc1n1c3cnccc3nc21. The highest BCUT2D eigenvalue weighted by Crippen LogP contribution is 2.49. The van der Waals surface area contributed by atoms with E-state index in [2.05, 4.69) is 64.0 Å². The number of pyridine rings is 3. The second kappa shape index (κ2) is 6.10. The molecule has 4 nitrogen and oxygen atoms in total. The van der Waals surface area contributed by atoms with Gasteiger partial charge in [0.15, 0.2) is 0 Å². The van der Waals surface area contributed by atoms with Gasteiger partial charge in [0.1, 0.15) is 11.3 Å². The van der Waals surface area contributed by atoms with Crippen LogP contribution >= 0.6 is 0 Å². The number of imidazole rings is 1. The maximum absolute atomic E-state index is 5.04. The van der Waals surface area contributed by atoms with Crippen molar-refractivity contribution < 1.29 is 0 Å². The van der Waals surface area contributed by atoms with E-state index < -0.39 is 0 Å².